The third-order valence-electron chi connectivity index (χ3n) is 5.78. The van der Waals surface area contributed by atoms with Gasteiger partial charge < -0.3 is 9.80 Å². The lowest BCUT2D eigenvalue weighted by atomic mass is 9.94. The van der Waals surface area contributed by atoms with Gasteiger partial charge in [-0.05, 0) is 33.6 Å². The van der Waals surface area contributed by atoms with Gasteiger partial charge >= 0.3 is 0 Å². The highest BCUT2D eigenvalue weighted by Crippen LogP contribution is 2.32. The summed E-state index contributed by atoms with van der Waals surface area (Å²) in [5.74, 6) is 2.53. The maximum absolute atomic E-state index is 12.8. The minimum atomic E-state index is -0.531. The molecule has 1 aliphatic rings. The highest BCUT2D eigenvalue weighted by molar-refractivity contribution is 6.19. The second kappa shape index (κ2) is 8.93. The molecule has 1 saturated heterocycles. The van der Waals surface area contributed by atoms with Gasteiger partial charge in [-0.25, -0.2) is 9.97 Å². The van der Waals surface area contributed by atoms with E-state index in [9.17, 15) is 4.79 Å². The molecule has 1 aromatic heterocycles. The number of halogens is 1. The number of aryl methyl sites for hydroxylation is 2. The molecule has 5 nitrogen and oxygen atoms in total. The number of piperazine rings is 1. The van der Waals surface area contributed by atoms with Crippen molar-refractivity contribution in [3.63, 3.8) is 0 Å². The van der Waals surface area contributed by atoms with Crippen LogP contribution in [0.4, 0.5) is 5.82 Å². The van der Waals surface area contributed by atoms with Crippen molar-refractivity contribution in [2.75, 3.05) is 37.0 Å². The Morgan fingerprint density at radius 2 is 1.67 bits per heavy atom. The minimum absolute atomic E-state index is 0.125. The molecule has 2 heterocycles. The minimum Gasteiger partial charge on any atom is -0.353 e. The summed E-state index contributed by atoms with van der Waals surface area (Å²) < 4.78 is 0. The van der Waals surface area contributed by atoms with Crippen molar-refractivity contribution < 1.29 is 4.79 Å². The fraction of sp³-hybridized carbons (Fsp3) is 0.542. The summed E-state index contributed by atoms with van der Waals surface area (Å²) >= 11 is 6.02. The van der Waals surface area contributed by atoms with Crippen molar-refractivity contribution in [1.29, 1.82) is 0 Å². The van der Waals surface area contributed by atoms with Crippen molar-refractivity contribution in [3.05, 3.63) is 41.1 Å². The first-order valence-electron chi connectivity index (χ1n) is 10.7. The third-order valence-corrected chi connectivity index (χ3v) is 6.45. The fourth-order valence-corrected chi connectivity index (χ4v) is 4.04. The number of rotatable bonds is 5. The van der Waals surface area contributed by atoms with Gasteiger partial charge in [-0.15, -0.1) is 11.6 Å². The van der Waals surface area contributed by atoms with Crippen LogP contribution in [0, 0.1) is 19.3 Å². The topological polar surface area (TPSA) is 49.3 Å². The van der Waals surface area contributed by atoms with Gasteiger partial charge in [0.2, 0.25) is 5.91 Å². The Hall–Kier alpha value is -2.14. The van der Waals surface area contributed by atoms with E-state index in [2.05, 4.69) is 56.9 Å². The van der Waals surface area contributed by atoms with E-state index < -0.39 is 5.41 Å². The van der Waals surface area contributed by atoms with Crippen molar-refractivity contribution in [1.82, 2.24) is 14.9 Å². The van der Waals surface area contributed by atoms with Crippen LogP contribution in [0.25, 0.3) is 11.4 Å². The first kappa shape index (κ1) is 22.5. The van der Waals surface area contributed by atoms with Gasteiger partial charge in [0.05, 0.1) is 5.41 Å². The molecule has 30 heavy (non-hydrogen) atoms. The maximum Gasteiger partial charge on any atom is 0.229 e. The molecule has 0 unspecified atom stereocenters. The van der Waals surface area contributed by atoms with Crippen molar-refractivity contribution in [2.24, 2.45) is 5.41 Å². The average molecular weight is 429 g/mol. The molecule has 0 saturated carbocycles. The Balaban J connectivity index is 1.89. The summed E-state index contributed by atoms with van der Waals surface area (Å²) in [6.07, 6.45) is 0. The Morgan fingerprint density at radius 3 is 2.20 bits per heavy atom. The molecule has 3 rings (SSSR count). The number of nitrogens with zero attached hydrogens (tertiary/aromatic N) is 4. The van der Waals surface area contributed by atoms with Gasteiger partial charge in [-0.3, -0.25) is 4.79 Å². The maximum atomic E-state index is 12.8. The largest absolute Gasteiger partial charge is 0.353 e. The molecule has 0 aliphatic carbocycles. The van der Waals surface area contributed by atoms with Crippen LogP contribution in [0.2, 0.25) is 0 Å². The van der Waals surface area contributed by atoms with Gasteiger partial charge in [0.25, 0.3) is 0 Å². The Morgan fingerprint density at radius 1 is 1.07 bits per heavy atom. The Bertz CT molecular complexity index is 900. The number of carbonyl (C=O) groups excluding carboxylic acids is 1. The second-order valence-corrected chi connectivity index (χ2v) is 9.45. The number of hydrogen-bond donors (Lipinski definition) is 0. The number of benzene rings is 1. The quantitative estimate of drug-likeness (QED) is 0.642. The summed E-state index contributed by atoms with van der Waals surface area (Å²) in [6, 6.07) is 8.34. The highest BCUT2D eigenvalue weighted by atomic mass is 35.5. The smallest absolute Gasteiger partial charge is 0.229 e. The monoisotopic (exact) mass is 428 g/mol. The van der Waals surface area contributed by atoms with Crippen LogP contribution in [-0.4, -0.2) is 52.8 Å². The molecule has 0 radical (unpaired) electrons. The van der Waals surface area contributed by atoms with E-state index in [1.807, 2.05) is 18.7 Å². The first-order valence-corrected chi connectivity index (χ1v) is 11.2. The van der Waals surface area contributed by atoms with Crippen LogP contribution in [0.3, 0.4) is 0 Å². The zero-order chi connectivity index (χ0) is 22.1. The van der Waals surface area contributed by atoms with Crippen molar-refractivity contribution >= 4 is 23.3 Å². The molecule has 162 valence electrons. The van der Waals surface area contributed by atoms with E-state index >= 15 is 0 Å². The van der Waals surface area contributed by atoms with Crippen LogP contribution in [0.5, 0.6) is 0 Å². The number of carbonyl (C=O) groups is 1. The molecule has 0 N–H and O–H groups in total. The molecule has 1 aromatic carbocycles. The number of aromatic nitrogens is 2. The van der Waals surface area contributed by atoms with E-state index in [1.165, 1.54) is 11.1 Å². The second-order valence-electron chi connectivity index (χ2n) is 9.19. The third kappa shape index (κ3) is 4.61. The zero-order valence-electron chi connectivity index (χ0n) is 19.0. The van der Waals surface area contributed by atoms with E-state index in [1.54, 1.807) is 0 Å². The van der Waals surface area contributed by atoms with E-state index in [4.69, 9.17) is 21.6 Å². The predicted molar refractivity (Wildman–Crippen MR) is 124 cm³/mol. The molecule has 1 fully saturated rings. The first-order chi connectivity index (χ1) is 14.1. The lowest BCUT2D eigenvalue weighted by Gasteiger charge is -2.39. The van der Waals surface area contributed by atoms with Gasteiger partial charge in [-0.2, -0.15) is 0 Å². The highest BCUT2D eigenvalue weighted by Gasteiger charge is 2.33. The van der Waals surface area contributed by atoms with Crippen LogP contribution < -0.4 is 4.90 Å². The normalized spacial score (nSPS) is 15.1. The lowest BCUT2D eigenvalue weighted by molar-refractivity contribution is -0.139. The molecule has 0 atom stereocenters. The van der Waals surface area contributed by atoms with E-state index in [0.717, 1.165) is 36.0 Å². The van der Waals surface area contributed by atoms with Crippen LogP contribution >= 0.6 is 11.6 Å². The van der Waals surface area contributed by atoms with E-state index in [-0.39, 0.29) is 5.91 Å². The average Bonchev–Trinajstić information content (AvgIpc) is 2.73. The molecule has 0 spiro atoms. The molecule has 6 heteroatoms. The lowest BCUT2D eigenvalue weighted by Crippen LogP contribution is -2.53. The SMILES string of the molecule is Cc1ccc(-c2nc(C)c(C(C)C)c(N3CCN(C(=O)C(C)(C)CCl)CC3)n2)cc1. The van der Waals surface area contributed by atoms with Gasteiger partial charge in [0.1, 0.15) is 5.82 Å². The summed E-state index contributed by atoms with van der Waals surface area (Å²) in [6.45, 7) is 15.2. The Labute approximate surface area is 185 Å². The standard InChI is InChI=1S/C24H33ClN4O/c1-16(2)20-18(4)26-21(19-9-7-17(3)8-10-19)27-22(20)28-11-13-29(14-12-28)23(30)24(5,6)15-25/h7-10,16H,11-15H2,1-6H3. The molecule has 1 aliphatic heterocycles. The van der Waals surface area contributed by atoms with E-state index in [0.29, 0.717) is 24.9 Å². The van der Waals surface area contributed by atoms with Crippen LogP contribution in [0.1, 0.15) is 50.4 Å². The Kier molecular flexibility index (Phi) is 6.71. The summed E-state index contributed by atoms with van der Waals surface area (Å²) in [4.78, 5) is 26.8. The fourth-order valence-electron chi connectivity index (χ4n) is 3.92. The molecule has 1 amide bonds. The van der Waals surface area contributed by atoms with Crippen molar-refractivity contribution in [2.45, 2.75) is 47.5 Å². The predicted octanol–water partition coefficient (Wildman–Crippen LogP) is 4.80. The number of hydrogen-bond acceptors (Lipinski definition) is 4. The van der Waals surface area contributed by atoms with Crippen LogP contribution in [-0.2, 0) is 4.79 Å². The number of anilines is 1. The molecular formula is C24H33ClN4O. The molecular weight excluding hydrogens is 396 g/mol. The van der Waals surface area contributed by atoms with Gasteiger partial charge in [0.15, 0.2) is 5.82 Å². The van der Waals surface area contributed by atoms with Gasteiger partial charge in [0, 0.05) is 48.9 Å². The molecule has 2 aromatic rings. The van der Waals surface area contributed by atoms with Gasteiger partial charge in [-0.1, -0.05) is 43.7 Å². The van der Waals surface area contributed by atoms with Crippen LogP contribution in [0.15, 0.2) is 24.3 Å². The number of alkyl halides is 1. The summed E-state index contributed by atoms with van der Waals surface area (Å²) in [5.41, 5.74) is 3.92. The summed E-state index contributed by atoms with van der Waals surface area (Å²) in [7, 11) is 0. The van der Waals surface area contributed by atoms with Crippen molar-refractivity contribution in [3.8, 4) is 11.4 Å². The summed E-state index contributed by atoms with van der Waals surface area (Å²) in [5, 5.41) is 0. The zero-order valence-corrected chi connectivity index (χ0v) is 19.8. The molecule has 0 bridgehead atoms. The number of amides is 1.